The summed E-state index contributed by atoms with van der Waals surface area (Å²) < 4.78 is 5.83. The zero-order chi connectivity index (χ0) is 21.1. The number of rotatable bonds is 5. The van der Waals surface area contributed by atoms with Gasteiger partial charge in [0.1, 0.15) is 0 Å². The molecule has 0 aliphatic carbocycles. The molecule has 0 radical (unpaired) electrons. The minimum Gasteiger partial charge on any atom is -0.376 e. The van der Waals surface area contributed by atoms with Crippen LogP contribution in [0, 0.1) is 0 Å². The highest BCUT2D eigenvalue weighted by molar-refractivity contribution is 7.14. The zero-order valence-corrected chi connectivity index (χ0v) is 18.6. The minimum atomic E-state index is -0.0279. The van der Waals surface area contributed by atoms with Gasteiger partial charge in [-0.15, -0.1) is 11.3 Å². The number of hydrogen-bond donors (Lipinski definition) is 0. The van der Waals surface area contributed by atoms with Gasteiger partial charge in [0.15, 0.2) is 5.13 Å². The molecule has 5 heteroatoms. The fraction of sp³-hybridized carbons (Fsp3) is 0.360. The minimum absolute atomic E-state index is 0.0279. The lowest BCUT2D eigenvalue weighted by Crippen LogP contribution is -2.37. The van der Waals surface area contributed by atoms with Crippen molar-refractivity contribution >= 4 is 22.4 Å². The summed E-state index contributed by atoms with van der Waals surface area (Å²) in [5.41, 5.74) is 3.89. The van der Waals surface area contributed by atoms with E-state index in [2.05, 4.69) is 32.9 Å². The van der Waals surface area contributed by atoms with Crippen LogP contribution in [0.2, 0.25) is 0 Å². The number of benzene rings is 2. The van der Waals surface area contributed by atoms with E-state index in [-0.39, 0.29) is 17.4 Å². The highest BCUT2D eigenvalue weighted by Gasteiger charge is 2.27. The Hall–Kier alpha value is -2.50. The number of carbonyl (C=O) groups is 1. The molecule has 1 aliphatic heterocycles. The Morgan fingerprint density at radius 3 is 2.50 bits per heavy atom. The van der Waals surface area contributed by atoms with Crippen molar-refractivity contribution in [2.45, 2.75) is 45.1 Å². The maximum atomic E-state index is 13.5. The van der Waals surface area contributed by atoms with E-state index in [1.165, 1.54) is 16.9 Å². The predicted molar refractivity (Wildman–Crippen MR) is 123 cm³/mol. The van der Waals surface area contributed by atoms with Gasteiger partial charge in [0, 0.05) is 23.1 Å². The molecule has 30 heavy (non-hydrogen) atoms. The van der Waals surface area contributed by atoms with Crippen LogP contribution in [0.15, 0.2) is 60.0 Å². The van der Waals surface area contributed by atoms with Crippen LogP contribution in [0.25, 0.3) is 11.3 Å². The summed E-state index contributed by atoms with van der Waals surface area (Å²) in [4.78, 5) is 20.1. The molecular formula is C25H28N2O2S. The predicted octanol–water partition coefficient (Wildman–Crippen LogP) is 5.93. The lowest BCUT2D eigenvalue weighted by Gasteiger charge is -2.24. The second kappa shape index (κ2) is 8.70. The standard InChI is InChI=1S/C25H28N2O2S/c1-25(2,3)20-13-11-19(12-14-20)23(28)27(16-21-10-7-15-29-21)24-26-22(17-30-24)18-8-5-4-6-9-18/h4-6,8-9,11-14,17,21H,7,10,15-16H2,1-3H3. The molecule has 0 spiro atoms. The van der Waals surface area contributed by atoms with Crippen LogP contribution < -0.4 is 4.90 Å². The highest BCUT2D eigenvalue weighted by Crippen LogP contribution is 2.30. The fourth-order valence-electron chi connectivity index (χ4n) is 3.64. The molecule has 1 unspecified atom stereocenters. The average Bonchev–Trinajstić information content (AvgIpc) is 3.44. The van der Waals surface area contributed by atoms with Crippen molar-refractivity contribution in [2.75, 3.05) is 18.1 Å². The molecule has 4 nitrogen and oxygen atoms in total. The Morgan fingerprint density at radius 2 is 1.87 bits per heavy atom. The molecule has 0 bridgehead atoms. The number of ether oxygens (including phenoxy) is 1. The maximum absolute atomic E-state index is 13.5. The van der Waals surface area contributed by atoms with Crippen LogP contribution in [-0.4, -0.2) is 30.1 Å². The first-order valence-corrected chi connectivity index (χ1v) is 11.3. The lowest BCUT2D eigenvalue weighted by atomic mass is 9.86. The maximum Gasteiger partial charge on any atom is 0.260 e. The number of carbonyl (C=O) groups excluding carboxylic acids is 1. The third-order valence-electron chi connectivity index (χ3n) is 5.45. The zero-order valence-electron chi connectivity index (χ0n) is 17.8. The molecule has 3 aromatic rings. The summed E-state index contributed by atoms with van der Waals surface area (Å²) >= 11 is 1.50. The third-order valence-corrected chi connectivity index (χ3v) is 6.31. The van der Waals surface area contributed by atoms with Gasteiger partial charge in [0.05, 0.1) is 18.3 Å². The summed E-state index contributed by atoms with van der Waals surface area (Å²) in [5.74, 6) is -0.0279. The molecular weight excluding hydrogens is 392 g/mol. The summed E-state index contributed by atoms with van der Waals surface area (Å²) in [5, 5.41) is 2.73. The molecule has 1 atom stereocenters. The second-order valence-corrected chi connectivity index (χ2v) is 9.60. The number of anilines is 1. The number of aromatic nitrogens is 1. The van der Waals surface area contributed by atoms with Crippen molar-refractivity contribution < 1.29 is 9.53 Å². The van der Waals surface area contributed by atoms with Crippen LogP contribution in [0.3, 0.4) is 0 Å². The molecule has 0 N–H and O–H groups in total. The van der Waals surface area contributed by atoms with E-state index in [0.29, 0.717) is 17.2 Å². The molecule has 2 aromatic carbocycles. The topological polar surface area (TPSA) is 42.4 Å². The Morgan fingerprint density at radius 1 is 1.13 bits per heavy atom. The normalized spacial score (nSPS) is 16.6. The highest BCUT2D eigenvalue weighted by atomic mass is 32.1. The molecule has 1 saturated heterocycles. The van der Waals surface area contributed by atoms with E-state index in [4.69, 9.17) is 9.72 Å². The SMILES string of the molecule is CC(C)(C)c1ccc(C(=O)N(CC2CCCO2)c2nc(-c3ccccc3)cs2)cc1. The summed E-state index contributed by atoms with van der Waals surface area (Å²) in [6, 6.07) is 18.0. The second-order valence-electron chi connectivity index (χ2n) is 8.76. The van der Waals surface area contributed by atoms with Gasteiger partial charge in [-0.05, 0) is 36.0 Å². The Labute approximate surface area is 182 Å². The van der Waals surface area contributed by atoms with Crippen LogP contribution >= 0.6 is 11.3 Å². The monoisotopic (exact) mass is 420 g/mol. The Balaban J connectivity index is 1.63. The van der Waals surface area contributed by atoms with Crippen molar-refractivity contribution in [1.29, 1.82) is 0 Å². The van der Waals surface area contributed by atoms with E-state index in [1.54, 1.807) is 4.90 Å². The average molecular weight is 421 g/mol. The summed E-state index contributed by atoms with van der Waals surface area (Å²) in [7, 11) is 0. The molecule has 0 saturated carbocycles. The molecule has 156 valence electrons. The van der Waals surface area contributed by atoms with Crippen LogP contribution in [0.4, 0.5) is 5.13 Å². The van der Waals surface area contributed by atoms with E-state index < -0.39 is 0 Å². The van der Waals surface area contributed by atoms with Crippen molar-refractivity contribution in [3.05, 3.63) is 71.1 Å². The van der Waals surface area contributed by atoms with E-state index in [9.17, 15) is 4.79 Å². The first kappa shape index (κ1) is 20.8. The number of nitrogens with zero attached hydrogens (tertiary/aromatic N) is 2. The summed E-state index contributed by atoms with van der Waals surface area (Å²) in [6.07, 6.45) is 2.08. The molecule has 4 rings (SSSR count). The van der Waals surface area contributed by atoms with E-state index >= 15 is 0 Å². The molecule has 1 amide bonds. The van der Waals surface area contributed by atoms with Gasteiger partial charge in [-0.3, -0.25) is 9.69 Å². The molecule has 2 heterocycles. The quantitative estimate of drug-likeness (QED) is 0.513. The Kier molecular flexibility index (Phi) is 6.02. The van der Waals surface area contributed by atoms with Crippen LogP contribution in [0.1, 0.15) is 49.5 Å². The number of hydrogen-bond acceptors (Lipinski definition) is 4. The molecule has 1 fully saturated rings. The third kappa shape index (κ3) is 4.63. The van der Waals surface area contributed by atoms with Gasteiger partial charge in [-0.25, -0.2) is 4.98 Å². The van der Waals surface area contributed by atoms with Crippen molar-refractivity contribution in [3.63, 3.8) is 0 Å². The van der Waals surface area contributed by atoms with Crippen LogP contribution in [-0.2, 0) is 10.2 Å². The fourth-order valence-corrected chi connectivity index (χ4v) is 4.48. The van der Waals surface area contributed by atoms with Gasteiger partial charge in [0.2, 0.25) is 0 Å². The first-order valence-electron chi connectivity index (χ1n) is 10.5. The lowest BCUT2D eigenvalue weighted by molar-refractivity contribution is 0.0917. The van der Waals surface area contributed by atoms with E-state index in [1.807, 2.05) is 47.8 Å². The first-order chi connectivity index (χ1) is 14.4. The number of amides is 1. The largest absolute Gasteiger partial charge is 0.376 e. The van der Waals surface area contributed by atoms with Gasteiger partial charge in [-0.2, -0.15) is 0 Å². The molecule has 1 aromatic heterocycles. The van der Waals surface area contributed by atoms with Gasteiger partial charge in [0.25, 0.3) is 5.91 Å². The molecule has 1 aliphatic rings. The summed E-state index contributed by atoms with van der Waals surface area (Å²) in [6.45, 7) is 7.82. The van der Waals surface area contributed by atoms with Gasteiger partial charge >= 0.3 is 0 Å². The number of thiazole rings is 1. The van der Waals surface area contributed by atoms with Crippen molar-refractivity contribution in [1.82, 2.24) is 4.98 Å². The van der Waals surface area contributed by atoms with Gasteiger partial charge < -0.3 is 4.74 Å². The van der Waals surface area contributed by atoms with E-state index in [0.717, 1.165) is 30.7 Å². The van der Waals surface area contributed by atoms with Crippen LogP contribution in [0.5, 0.6) is 0 Å². The Bertz CT molecular complexity index is 984. The van der Waals surface area contributed by atoms with Gasteiger partial charge in [-0.1, -0.05) is 63.2 Å². The smallest absolute Gasteiger partial charge is 0.260 e. The van der Waals surface area contributed by atoms with Crippen molar-refractivity contribution in [3.8, 4) is 11.3 Å². The van der Waals surface area contributed by atoms with Crippen molar-refractivity contribution in [2.24, 2.45) is 0 Å².